The first-order valence-corrected chi connectivity index (χ1v) is 15.8. The molecule has 13 heteroatoms. The molecule has 4 aromatic carbocycles. The lowest BCUT2D eigenvalue weighted by molar-refractivity contribution is -0.118. The second kappa shape index (κ2) is 13.5. The zero-order valence-electron chi connectivity index (χ0n) is 23.9. The molecule has 2 aromatic heterocycles. The lowest BCUT2D eigenvalue weighted by atomic mass is 10.2. The molecule has 0 unspecified atom stereocenters. The number of furan rings is 1. The van der Waals surface area contributed by atoms with Crippen molar-refractivity contribution in [1.29, 1.82) is 0 Å². The van der Waals surface area contributed by atoms with Gasteiger partial charge in [-0.25, -0.2) is 9.37 Å². The van der Waals surface area contributed by atoms with Gasteiger partial charge < -0.3 is 19.2 Å². The zero-order valence-corrected chi connectivity index (χ0v) is 27.8. The third-order valence-electron chi connectivity index (χ3n) is 6.70. The Hall–Kier alpha value is -4.52. The second-order valence-electron chi connectivity index (χ2n) is 9.80. The van der Waals surface area contributed by atoms with Crippen LogP contribution in [0.2, 0.25) is 5.02 Å². The Labute approximate surface area is 282 Å². The summed E-state index contributed by atoms with van der Waals surface area (Å²) in [4.78, 5) is 31.0. The predicted molar refractivity (Wildman–Crippen MR) is 183 cm³/mol. The number of carbonyl (C=O) groups is 1. The Morgan fingerprint density at radius 3 is 2.63 bits per heavy atom. The number of rotatable bonds is 9. The molecule has 1 amide bonds. The van der Waals surface area contributed by atoms with Gasteiger partial charge in [-0.15, -0.1) is 0 Å². The zero-order chi connectivity index (χ0) is 32.4. The maximum absolute atomic E-state index is 13.7. The number of halogens is 4. The highest BCUT2D eigenvalue weighted by atomic mass is 79.9. The third-order valence-corrected chi connectivity index (χ3v) is 9.07. The fourth-order valence-electron chi connectivity index (χ4n) is 4.60. The quantitative estimate of drug-likeness (QED) is 0.148. The molecule has 6 rings (SSSR count). The monoisotopic (exact) mass is 766 g/mol. The van der Waals surface area contributed by atoms with E-state index in [-0.39, 0.29) is 18.2 Å². The first-order valence-electron chi connectivity index (χ1n) is 13.8. The summed E-state index contributed by atoms with van der Waals surface area (Å²) < 4.78 is 33.1. The van der Waals surface area contributed by atoms with Crippen molar-refractivity contribution in [2.45, 2.75) is 6.92 Å². The number of benzene rings is 4. The molecule has 0 saturated heterocycles. The Balaban J connectivity index is 1.36. The van der Waals surface area contributed by atoms with Crippen LogP contribution in [0.5, 0.6) is 11.5 Å². The van der Waals surface area contributed by atoms with Gasteiger partial charge in [0.25, 0.3) is 11.5 Å². The van der Waals surface area contributed by atoms with Crippen LogP contribution in [-0.4, -0.2) is 35.0 Å². The highest BCUT2D eigenvalue weighted by Crippen LogP contribution is 2.42. The molecule has 0 atom stereocenters. The van der Waals surface area contributed by atoms with Crippen LogP contribution in [-0.2, 0) is 4.79 Å². The highest BCUT2D eigenvalue weighted by molar-refractivity contribution is 9.13. The van der Waals surface area contributed by atoms with Crippen LogP contribution in [0, 0.1) is 5.82 Å². The SMILES string of the molecule is CCOc1cc(C=Nn2c(-c3cc4cc(Cl)ccc4o3)nc3ccccc3c2=O)c(Br)c(Br)c1OCC(=O)Nc1ccc(F)cc1. The van der Waals surface area contributed by atoms with Gasteiger partial charge >= 0.3 is 0 Å². The van der Waals surface area contributed by atoms with Crippen LogP contribution >= 0.6 is 43.5 Å². The number of hydrogen-bond donors (Lipinski definition) is 1. The van der Waals surface area contributed by atoms with Gasteiger partial charge in [0.1, 0.15) is 11.4 Å². The minimum absolute atomic E-state index is 0.194. The Morgan fingerprint density at radius 1 is 1.07 bits per heavy atom. The summed E-state index contributed by atoms with van der Waals surface area (Å²) in [6.45, 7) is 1.76. The van der Waals surface area contributed by atoms with Crippen LogP contribution in [0.15, 0.2) is 102 Å². The van der Waals surface area contributed by atoms with Crippen LogP contribution in [0.25, 0.3) is 33.5 Å². The van der Waals surface area contributed by atoms with Crippen molar-refractivity contribution >= 4 is 83.1 Å². The molecule has 0 fully saturated rings. The predicted octanol–water partition coefficient (Wildman–Crippen LogP) is 8.43. The van der Waals surface area contributed by atoms with Crippen molar-refractivity contribution in [3.05, 3.63) is 115 Å². The third kappa shape index (κ3) is 6.55. The summed E-state index contributed by atoms with van der Waals surface area (Å²) in [6, 6.07) is 21.0. The molecule has 9 nitrogen and oxygen atoms in total. The van der Waals surface area contributed by atoms with Crippen molar-refractivity contribution in [2.24, 2.45) is 5.10 Å². The van der Waals surface area contributed by atoms with Crippen molar-refractivity contribution in [2.75, 3.05) is 18.5 Å². The lowest BCUT2D eigenvalue weighted by Gasteiger charge is -2.16. The Kier molecular flexibility index (Phi) is 9.20. The summed E-state index contributed by atoms with van der Waals surface area (Å²) in [5.74, 6) is 0.255. The molecule has 0 bridgehead atoms. The average molecular weight is 769 g/mol. The number of hydrogen-bond acceptors (Lipinski definition) is 7. The maximum Gasteiger partial charge on any atom is 0.282 e. The van der Waals surface area contributed by atoms with Gasteiger partial charge in [-0.1, -0.05) is 23.7 Å². The van der Waals surface area contributed by atoms with Crippen LogP contribution in [0.4, 0.5) is 10.1 Å². The number of aromatic nitrogens is 2. The van der Waals surface area contributed by atoms with E-state index in [1.807, 2.05) is 6.92 Å². The van der Waals surface area contributed by atoms with Crippen LogP contribution in [0.3, 0.4) is 0 Å². The molecule has 0 aliphatic rings. The highest BCUT2D eigenvalue weighted by Gasteiger charge is 2.20. The van der Waals surface area contributed by atoms with Crippen LogP contribution in [0.1, 0.15) is 12.5 Å². The van der Waals surface area contributed by atoms with Gasteiger partial charge in [-0.3, -0.25) is 9.59 Å². The van der Waals surface area contributed by atoms with Gasteiger partial charge in [0.2, 0.25) is 5.82 Å². The van der Waals surface area contributed by atoms with Gasteiger partial charge in [0.15, 0.2) is 23.9 Å². The summed E-state index contributed by atoms with van der Waals surface area (Å²) in [5.41, 5.74) is 1.62. The van der Waals surface area contributed by atoms with E-state index < -0.39 is 17.3 Å². The molecule has 0 spiro atoms. The maximum atomic E-state index is 13.7. The molecular weight excluding hydrogens is 747 g/mol. The first kappa shape index (κ1) is 31.5. The summed E-state index contributed by atoms with van der Waals surface area (Å²) in [6.07, 6.45) is 1.48. The normalized spacial score (nSPS) is 11.4. The number of anilines is 1. The topological polar surface area (TPSA) is 108 Å². The fourth-order valence-corrected chi connectivity index (χ4v) is 5.71. The van der Waals surface area contributed by atoms with Gasteiger partial charge in [0, 0.05) is 26.1 Å². The largest absolute Gasteiger partial charge is 0.490 e. The molecule has 232 valence electrons. The van der Waals surface area contributed by atoms with Gasteiger partial charge in [0.05, 0.1) is 28.2 Å². The minimum atomic E-state index is -0.453. The number of para-hydroxylation sites is 1. The van der Waals surface area contributed by atoms with Crippen molar-refractivity contribution in [3.63, 3.8) is 0 Å². The van der Waals surface area contributed by atoms with Crippen molar-refractivity contribution in [1.82, 2.24) is 9.66 Å². The van der Waals surface area contributed by atoms with E-state index in [2.05, 4.69) is 42.3 Å². The lowest BCUT2D eigenvalue weighted by Crippen LogP contribution is -2.21. The summed E-state index contributed by atoms with van der Waals surface area (Å²) in [5, 5.41) is 8.86. The van der Waals surface area contributed by atoms with E-state index in [9.17, 15) is 14.0 Å². The number of nitrogens with one attached hydrogen (secondary N) is 1. The molecule has 46 heavy (non-hydrogen) atoms. The number of fused-ring (bicyclic) bond motifs is 2. The van der Waals surface area contributed by atoms with E-state index in [0.29, 0.717) is 59.8 Å². The standard InChI is InChI=1S/C33H22Br2ClFN4O5/c1-2-44-26-15-19(29(34)30(35)31(26)45-17-28(42)39-22-10-8-21(37)9-11-22)16-38-41-32(40-24-6-4-3-5-23(24)33(41)43)27-14-18-13-20(36)7-12-25(18)46-27/h3-16H,2,17H2,1H3,(H,39,42). The van der Waals surface area contributed by atoms with E-state index in [1.54, 1.807) is 54.6 Å². The molecule has 0 radical (unpaired) electrons. The van der Waals surface area contributed by atoms with Crippen molar-refractivity contribution in [3.8, 4) is 23.1 Å². The van der Waals surface area contributed by atoms with E-state index in [0.717, 1.165) is 5.39 Å². The average Bonchev–Trinajstić information content (AvgIpc) is 3.47. The van der Waals surface area contributed by atoms with Gasteiger partial charge in [-0.05, 0) is 106 Å². The first-order chi connectivity index (χ1) is 22.2. The van der Waals surface area contributed by atoms with E-state index >= 15 is 0 Å². The molecule has 0 aliphatic heterocycles. The molecule has 0 aliphatic carbocycles. The fraction of sp³-hybridized carbons (Fsp3) is 0.0909. The molecule has 0 saturated carbocycles. The Bertz CT molecular complexity index is 2200. The van der Waals surface area contributed by atoms with Gasteiger partial charge in [-0.2, -0.15) is 9.78 Å². The summed E-state index contributed by atoms with van der Waals surface area (Å²) in [7, 11) is 0. The second-order valence-corrected chi connectivity index (χ2v) is 11.8. The minimum Gasteiger partial charge on any atom is -0.490 e. The van der Waals surface area contributed by atoms with Crippen LogP contribution < -0.4 is 20.3 Å². The summed E-state index contributed by atoms with van der Waals surface area (Å²) >= 11 is 13.3. The number of amides is 1. The number of carbonyl (C=O) groups excluding carboxylic acids is 1. The van der Waals surface area contributed by atoms with Crippen molar-refractivity contribution < 1.29 is 23.1 Å². The molecule has 6 aromatic rings. The molecular formula is C33H22Br2ClFN4O5. The van der Waals surface area contributed by atoms with E-state index in [1.165, 1.54) is 35.2 Å². The molecule has 1 N–H and O–H groups in total. The number of ether oxygens (including phenoxy) is 2. The number of nitrogens with zero attached hydrogens (tertiary/aromatic N) is 3. The Morgan fingerprint density at radius 2 is 1.85 bits per heavy atom. The molecule has 2 heterocycles. The smallest absolute Gasteiger partial charge is 0.282 e. The van der Waals surface area contributed by atoms with E-state index in [4.69, 9.17) is 30.5 Å².